The number of hydrogen-bond donors (Lipinski definition) is 2. The summed E-state index contributed by atoms with van der Waals surface area (Å²) in [5, 5.41) is 5.63. The molecule has 0 aromatic heterocycles. The van der Waals surface area contributed by atoms with E-state index < -0.39 is 0 Å². The van der Waals surface area contributed by atoms with E-state index >= 15 is 0 Å². The maximum Gasteiger partial charge on any atom is 0.226 e. The van der Waals surface area contributed by atoms with Gasteiger partial charge in [0.15, 0.2) is 0 Å². The zero-order valence-electron chi connectivity index (χ0n) is 13.8. The Morgan fingerprint density at radius 1 is 0.958 bits per heavy atom. The second-order valence-corrected chi connectivity index (χ2v) is 5.92. The number of amides is 2. The third-order valence-electron chi connectivity index (χ3n) is 3.51. The molecule has 0 aliphatic rings. The van der Waals surface area contributed by atoms with Crippen LogP contribution in [-0.2, 0) is 22.6 Å². The minimum atomic E-state index is -0.316. The first kappa shape index (κ1) is 17.7. The Balaban J connectivity index is 1.82. The zero-order chi connectivity index (χ0) is 17.5. The molecule has 2 aromatic rings. The summed E-state index contributed by atoms with van der Waals surface area (Å²) in [4.78, 5) is 23.5. The average molecular weight is 328 g/mol. The lowest BCUT2D eigenvalue weighted by Gasteiger charge is -2.09. The van der Waals surface area contributed by atoms with Crippen molar-refractivity contribution in [2.75, 3.05) is 5.32 Å². The zero-order valence-corrected chi connectivity index (χ0v) is 13.8. The van der Waals surface area contributed by atoms with Gasteiger partial charge in [-0.25, -0.2) is 4.39 Å². The number of nitrogens with one attached hydrogen (secondary N) is 2. The molecule has 0 fully saturated rings. The van der Waals surface area contributed by atoms with E-state index in [0.717, 1.165) is 16.8 Å². The Kier molecular flexibility index (Phi) is 6.07. The SMILES string of the molecule is CC(C)C(=O)Nc1ccc(CNC(=O)Cc2ccc(F)cc2)cc1. The summed E-state index contributed by atoms with van der Waals surface area (Å²) >= 11 is 0. The van der Waals surface area contributed by atoms with Gasteiger partial charge >= 0.3 is 0 Å². The second kappa shape index (κ2) is 8.24. The number of carbonyl (C=O) groups is 2. The molecule has 4 nitrogen and oxygen atoms in total. The molecule has 126 valence electrons. The van der Waals surface area contributed by atoms with Crippen LogP contribution in [-0.4, -0.2) is 11.8 Å². The van der Waals surface area contributed by atoms with Crippen molar-refractivity contribution in [1.29, 1.82) is 0 Å². The highest BCUT2D eigenvalue weighted by molar-refractivity contribution is 5.92. The number of hydrogen-bond acceptors (Lipinski definition) is 2. The second-order valence-electron chi connectivity index (χ2n) is 5.92. The van der Waals surface area contributed by atoms with Gasteiger partial charge in [0.1, 0.15) is 5.82 Å². The van der Waals surface area contributed by atoms with Gasteiger partial charge in [-0.3, -0.25) is 9.59 Å². The molecule has 0 heterocycles. The fourth-order valence-electron chi connectivity index (χ4n) is 2.04. The molecular formula is C19H21FN2O2. The highest BCUT2D eigenvalue weighted by Crippen LogP contribution is 2.11. The highest BCUT2D eigenvalue weighted by Gasteiger charge is 2.07. The lowest BCUT2D eigenvalue weighted by molar-refractivity contribution is -0.120. The first-order valence-corrected chi connectivity index (χ1v) is 7.85. The van der Waals surface area contributed by atoms with Crippen LogP contribution in [0.1, 0.15) is 25.0 Å². The lowest BCUT2D eigenvalue weighted by Crippen LogP contribution is -2.24. The van der Waals surface area contributed by atoms with Crippen molar-refractivity contribution >= 4 is 17.5 Å². The van der Waals surface area contributed by atoms with Crippen LogP contribution < -0.4 is 10.6 Å². The molecule has 0 unspecified atom stereocenters. The van der Waals surface area contributed by atoms with E-state index in [1.807, 2.05) is 38.1 Å². The quantitative estimate of drug-likeness (QED) is 0.855. The molecular weight excluding hydrogens is 307 g/mol. The molecule has 0 radical (unpaired) electrons. The summed E-state index contributed by atoms with van der Waals surface area (Å²) in [7, 11) is 0. The Hall–Kier alpha value is -2.69. The molecule has 2 aromatic carbocycles. The van der Waals surface area contributed by atoms with Crippen LogP contribution in [0.2, 0.25) is 0 Å². The summed E-state index contributed by atoms with van der Waals surface area (Å²) < 4.78 is 12.8. The van der Waals surface area contributed by atoms with Crippen molar-refractivity contribution in [3.8, 4) is 0 Å². The van der Waals surface area contributed by atoms with E-state index in [0.29, 0.717) is 6.54 Å². The van der Waals surface area contributed by atoms with Crippen LogP contribution in [0.5, 0.6) is 0 Å². The molecule has 0 atom stereocenters. The van der Waals surface area contributed by atoms with Crippen LogP contribution >= 0.6 is 0 Å². The van der Waals surface area contributed by atoms with E-state index in [1.54, 1.807) is 12.1 Å². The summed E-state index contributed by atoms with van der Waals surface area (Å²) in [5.41, 5.74) is 2.43. The molecule has 2 rings (SSSR count). The summed E-state index contributed by atoms with van der Waals surface area (Å²) in [5.74, 6) is -0.548. The molecule has 0 bridgehead atoms. The number of anilines is 1. The van der Waals surface area contributed by atoms with Gasteiger partial charge in [0, 0.05) is 18.2 Å². The van der Waals surface area contributed by atoms with E-state index in [-0.39, 0.29) is 30.0 Å². The molecule has 5 heteroatoms. The Bertz CT molecular complexity index is 694. The van der Waals surface area contributed by atoms with Crippen LogP contribution in [0.25, 0.3) is 0 Å². The van der Waals surface area contributed by atoms with Crippen LogP contribution in [0.3, 0.4) is 0 Å². The average Bonchev–Trinajstić information content (AvgIpc) is 2.56. The van der Waals surface area contributed by atoms with Crippen LogP contribution in [0.15, 0.2) is 48.5 Å². The standard InChI is InChI=1S/C19H21FN2O2/c1-13(2)19(24)22-17-9-5-15(6-10-17)12-21-18(23)11-14-3-7-16(20)8-4-14/h3-10,13H,11-12H2,1-2H3,(H,21,23)(H,22,24). The van der Waals surface area contributed by atoms with Crippen molar-refractivity contribution in [3.63, 3.8) is 0 Å². The van der Waals surface area contributed by atoms with Crippen LogP contribution in [0.4, 0.5) is 10.1 Å². The number of carbonyl (C=O) groups excluding carboxylic acids is 2. The minimum absolute atomic E-state index is 0.0321. The first-order chi connectivity index (χ1) is 11.4. The van der Waals surface area contributed by atoms with Crippen molar-refractivity contribution < 1.29 is 14.0 Å². The third-order valence-corrected chi connectivity index (χ3v) is 3.51. The molecule has 2 amide bonds. The molecule has 0 aliphatic carbocycles. The third kappa shape index (κ3) is 5.50. The monoisotopic (exact) mass is 328 g/mol. The van der Waals surface area contributed by atoms with Gasteiger partial charge in [-0.2, -0.15) is 0 Å². The van der Waals surface area contributed by atoms with Gasteiger partial charge < -0.3 is 10.6 Å². The maximum absolute atomic E-state index is 12.8. The fraction of sp³-hybridized carbons (Fsp3) is 0.263. The number of benzene rings is 2. The molecule has 2 N–H and O–H groups in total. The molecule has 0 saturated carbocycles. The predicted molar refractivity (Wildman–Crippen MR) is 91.9 cm³/mol. The van der Waals surface area contributed by atoms with Gasteiger partial charge in [-0.1, -0.05) is 38.1 Å². The largest absolute Gasteiger partial charge is 0.352 e. The van der Waals surface area contributed by atoms with Gasteiger partial charge in [-0.05, 0) is 35.4 Å². The number of halogens is 1. The Morgan fingerprint density at radius 3 is 2.12 bits per heavy atom. The Labute approximate surface area is 141 Å². The molecule has 0 aliphatic heterocycles. The van der Waals surface area contributed by atoms with E-state index in [1.165, 1.54) is 12.1 Å². The van der Waals surface area contributed by atoms with E-state index in [4.69, 9.17) is 0 Å². The number of rotatable bonds is 6. The minimum Gasteiger partial charge on any atom is -0.352 e. The topological polar surface area (TPSA) is 58.2 Å². The summed E-state index contributed by atoms with van der Waals surface area (Å²) in [6.07, 6.45) is 0.211. The van der Waals surface area contributed by atoms with Crippen molar-refractivity contribution in [3.05, 3.63) is 65.5 Å². The predicted octanol–water partition coefficient (Wildman–Crippen LogP) is 3.28. The molecule has 24 heavy (non-hydrogen) atoms. The maximum atomic E-state index is 12.8. The van der Waals surface area contributed by atoms with Gasteiger partial charge in [0.25, 0.3) is 0 Å². The van der Waals surface area contributed by atoms with Crippen LogP contribution in [0, 0.1) is 11.7 Å². The van der Waals surface area contributed by atoms with E-state index in [2.05, 4.69) is 10.6 Å². The molecule has 0 saturated heterocycles. The van der Waals surface area contributed by atoms with Gasteiger partial charge in [-0.15, -0.1) is 0 Å². The normalized spacial score (nSPS) is 10.5. The smallest absolute Gasteiger partial charge is 0.226 e. The summed E-state index contributed by atoms with van der Waals surface area (Å²) in [6, 6.07) is 13.2. The summed E-state index contributed by atoms with van der Waals surface area (Å²) in [6.45, 7) is 4.07. The highest BCUT2D eigenvalue weighted by atomic mass is 19.1. The Morgan fingerprint density at radius 2 is 1.54 bits per heavy atom. The molecule has 0 spiro atoms. The first-order valence-electron chi connectivity index (χ1n) is 7.85. The lowest BCUT2D eigenvalue weighted by atomic mass is 10.1. The van der Waals surface area contributed by atoms with Crippen molar-refractivity contribution in [2.45, 2.75) is 26.8 Å². The van der Waals surface area contributed by atoms with Gasteiger partial charge in [0.05, 0.1) is 6.42 Å². The van der Waals surface area contributed by atoms with Crippen molar-refractivity contribution in [1.82, 2.24) is 5.32 Å². The van der Waals surface area contributed by atoms with Gasteiger partial charge in [0.2, 0.25) is 11.8 Å². The van der Waals surface area contributed by atoms with Crippen molar-refractivity contribution in [2.24, 2.45) is 5.92 Å². The fourth-order valence-corrected chi connectivity index (χ4v) is 2.04. The van der Waals surface area contributed by atoms with E-state index in [9.17, 15) is 14.0 Å².